The molecular formula is C12H19F3O4. The minimum atomic E-state index is -4.92. The lowest BCUT2D eigenvalue weighted by molar-refractivity contribution is -0.349. The lowest BCUT2D eigenvalue weighted by Crippen LogP contribution is -2.46. The first-order valence-corrected chi connectivity index (χ1v) is 6.02. The molecule has 1 N–H and O–H groups in total. The number of hydrogen-bond donors (Lipinski definition) is 1. The van der Waals surface area contributed by atoms with Crippen molar-refractivity contribution >= 4 is 5.97 Å². The number of ether oxygens (including phenoxy) is 2. The Hall–Kier alpha value is -0.820. The molecule has 0 aromatic heterocycles. The van der Waals surface area contributed by atoms with Crippen LogP contribution in [0.1, 0.15) is 40.5 Å². The van der Waals surface area contributed by atoms with Crippen LogP contribution in [0, 0.1) is 5.41 Å². The lowest BCUT2D eigenvalue weighted by Gasteiger charge is -2.30. The Morgan fingerprint density at radius 2 is 1.95 bits per heavy atom. The summed E-state index contributed by atoms with van der Waals surface area (Å²) < 4.78 is 47.4. The molecule has 2 unspecified atom stereocenters. The molecule has 112 valence electrons. The van der Waals surface area contributed by atoms with Gasteiger partial charge in [-0.05, 0) is 27.2 Å². The van der Waals surface area contributed by atoms with E-state index in [1.165, 1.54) is 6.92 Å². The van der Waals surface area contributed by atoms with Crippen LogP contribution >= 0.6 is 0 Å². The first-order chi connectivity index (χ1) is 8.35. The van der Waals surface area contributed by atoms with E-state index in [1.54, 1.807) is 20.8 Å². The quantitative estimate of drug-likeness (QED) is 0.809. The number of carbonyl (C=O) groups is 1. The molecular weight excluding hydrogens is 265 g/mol. The molecule has 0 radical (unpaired) electrons. The molecule has 0 aromatic rings. The van der Waals surface area contributed by atoms with Gasteiger partial charge in [-0.25, -0.2) is 0 Å². The Bertz CT molecular complexity index is 366. The first-order valence-electron chi connectivity index (χ1n) is 6.02. The van der Waals surface area contributed by atoms with Crippen LogP contribution in [0.15, 0.2) is 0 Å². The van der Waals surface area contributed by atoms with Crippen LogP contribution in [0.5, 0.6) is 0 Å². The van der Waals surface area contributed by atoms with Gasteiger partial charge in [0.2, 0.25) is 0 Å². The van der Waals surface area contributed by atoms with Crippen molar-refractivity contribution in [3.8, 4) is 0 Å². The van der Waals surface area contributed by atoms with E-state index < -0.39 is 42.0 Å². The van der Waals surface area contributed by atoms with Gasteiger partial charge in [-0.2, -0.15) is 13.2 Å². The molecule has 0 saturated carbocycles. The molecule has 0 amide bonds. The highest BCUT2D eigenvalue weighted by atomic mass is 19.4. The average Bonchev–Trinajstić information content (AvgIpc) is 2.55. The van der Waals surface area contributed by atoms with Crippen LogP contribution in [-0.2, 0) is 14.3 Å². The standard InChI is InChI=1S/C12H19F3O4/c1-5-9(2,3)8(16)19-10(4)6-11(17,18-7-10)12(13,14)15/h17H,5-7H2,1-4H3. The zero-order valence-corrected chi connectivity index (χ0v) is 11.4. The molecule has 1 aliphatic rings. The molecule has 0 bridgehead atoms. The van der Waals surface area contributed by atoms with Crippen molar-refractivity contribution in [2.24, 2.45) is 5.41 Å². The van der Waals surface area contributed by atoms with Crippen LogP contribution in [0.2, 0.25) is 0 Å². The Morgan fingerprint density at radius 1 is 1.42 bits per heavy atom. The van der Waals surface area contributed by atoms with Gasteiger partial charge in [-0.15, -0.1) is 0 Å². The zero-order valence-electron chi connectivity index (χ0n) is 11.4. The smallest absolute Gasteiger partial charge is 0.443 e. The third-order valence-corrected chi connectivity index (χ3v) is 3.45. The number of hydrogen-bond acceptors (Lipinski definition) is 4. The molecule has 0 aliphatic carbocycles. The van der Waals surface area contributed by atoms with Crippen LogP contribution < -0.4 is 0 Å². The van der Waals surface area contributed by atoms with Crippen molar-refractivity contribution < 1.29 is 32.5 Å². The molecule has 1 saturated heterocycles. The van der Waals surface area contributed by atoms with Crippen LogP contribution in [-0.4, -0.2) is 35.2 Å². The van der Waals surface area contributed by atoms with E-state index in [9.17, 15) is 23.1 Å². The van der Waals surface area contributed by atoms with Crippen molar-refractivity contribution in [1.82, 2.24) is 0 Å². The Morgan fingerprint density at radius 3 is 2.32 bits per heavy atom. The number of esters is 1. The van der Waals surface area contributed by atoms with Gasteiger partial charge in [0.1, 0.15) is 5.60 Å². The molecule has 0 spiro atoms. The van der Waals surface area contributed by atoms with E-state index in [2.05, 4.69) is 4.74 Å². The molecule has 0 aromatic carbocycles. The molecule has 7 heteroatoms. The second kappa shape index (κ2) is 4.63. The molecule has 19 heavy (non-hydrogen) atoms. The second-order valence-corrected chi connectivity index (χ2v) is 5.82. The summed E-state index contributed by atoms with van der Waals surface area (Å²) in [4.78, 5) is 11.9. The van der Waals surface area contributed by atoms with E-state index in [0.29, 0.717) is 6.42 Å². The summed E-state index contributed by atoms with van der Waals surface area (Å²) in [5, 5.41) is 9.40. The van der Waals surface area contributed by atoms with Crippen molar-refractivity contribution in [2.45, 2.75) is 58.1 Å². The summed E-state index contributed by atoms with van der Waals surface area (Å²) in [5.41, 5.74) is -2.27. The summed E-state index contributed by atoms with van der Waals surface area (Å²) in [7, 11) is 0. The highest BCUT2D eigenvalue weighted by Crippen LogP contribution is 2.44. The summed E-state index contributed by atoms with van der Waals surface area (Å²) in [6.45, 7) is 5.89. The molecule has 1 heterocycles. The van der Waals surface area contributed by atoms with Crippen LogP contribution in [0.4, 0.5) is 13.2 Å². The van der Waals surface area contributed by atoms with E-state index in [0.717, 1.165) is 0 Å². The summed E-state index contributed by atoms with van der Waals surface area (Å²) >= 11 is 0. The predicted molar refractivity (Wildman–Crippen MR) is 60.1 cm³/mol. The second-order valence-electron chi connectivity index (χ2n) is 5.82. The highest BCUT2D eigenvalue weighted by Gasteiger charge is 2.64. The molecule has 2 atom stereocenters. The van der Waals surface area contributed by atoms with Crippen molar-refractivity contribution in [2.75, 3.05) is 6.61 Å². The van der Waals surface area contributed by atoms with E-state index in [1.807, 2.05) is 0 Å². The summed E-state index contributed by atoms with van der Waals surface area (Å²) in [5.74, 6) is -3.86. The molecule has 1 aliphatic heterocycles. The number of halogens is 3. The largest absolute Gasteiger partial charge is 0.456 e. The summed E-state index contributed by atoms with van der Waals surface area (Å²) in [6, 6.07) is 0. The number of rotatable bonds is 3. The molecule has 1 rings (SSSR count). The monoisotopic (exact) mass is 284 g/mol. The Balaban J connectivity index is 2.79. The maximum atomic E-state index is 12.6. The first kappa shape index (κ1) is 16.2. The maximum absolute atomic E-state index is 12.6. The van der Waals surface area contributed by atoms with Gasteiger partial charge in [0.15, 0.2) is 0 Å². The topological polar surface area (TPSA) is 55.8 Å². The van der Waals surface area contributed by atoms with Gasteiger partial charge in [0, 0.05) is 0 Å². The third kappa shape index (κ3) is 3.20. The summed E-state index contributed by atoms with van der Waals surface area (Å²) in [6.07, 6.45) is -5.25. The van der Waals surface area contributed by atoms with E-state index in [4.69, 9.17) is 4.74 Å². The fraction of sp³-hybridized carbons (Fsp3) is 0.917. The van der Waals surface area contributed by atoms with Crippen LogP contribution in [0.3, 0.4) is 0 Å². The molecule has 4 nitrogen and oxygen atoms in total. The number of carbonyl (C=O) groups excluding carboxylic acids is 1. The van der Waals surface area contributed by atoms with Gasteiger partial charge in [-0.3, -0.25) is 4.79 Å². The Kier molecular flexibility index (Phi) is 3.95. The lowest BCUT2D eigenvalue weighted by atomic mass is 9.90. The number of aliphatic hydroxyl groups is 1. The average molecular weight is 284 g/mol. The minimum absolute atomic E-state index is 0.492. The Labute approximate surface area is 109 Å². The zero-order chi connectivity index (χ0) is 15.1. The van der Waals surface area contributed by atoms with Crippen LogP contribution in [0.25, 0.3) is 0 Å². The van der Waals surface area contributed by atoms with Crippen molar-refractivity contribution in [3.63, 3.8) is 0 Å². The SMILES string of the molecule is CCC(C)(C)C(=O)OC1(C)COC(O)(C(F)(F)F)C1. The predicted octanol–water partition coefficient (Wildman–Crippen LogP) is 2.40. The van der Waals surface area contributed by atoms with Gasteiger partial charge in [0.25, 0.3) is 5.79 Å². The fourth-order valence-corrected chi connectivity index (χ4v) is 1.63. The van der Waals surface area contributed by atoms with Gasteiger partial charge < -0.3 is 14.6 Å². The van der Waals surface area contributed by atoms with Gasteiger partial charge in [-0.1, -0.05) is 6.92 Å². The molecule has 1 fully saturated rings. The van der Waals surface area contributed by atoms with Gasteiger partial charge in [0.05, 0.1) is 18.4 Å². The fourth-order valence-electron chi connectivity index (χ4n) is 1.63. The minimum Gasteiger partial charge on any atom is -0.456 e. The van der Waals surface area contributed by atoms with Gasteiger partial charge >= 0.3 is 12.1 Å². The van der Waals surface area contributed by atoms with Crippen molar-refractivity contribution in [1.29, 1.82) is 0 Å². The highest BCUT2D eigenvalue weighted by molar-refractivity contribution is 5.76. The van der Waals surface area contributed by atoms with Crippen molar-refractivity contribution in [3.05, 3.63) is 0 Å². The maximum Gasteiger partial charge on any atom is 0.443 e. The number of alkyl halides is 3. The van der Waals surface area contributed by atoms with E-state index >= 15 is 0 Å². The normalized spacial score (nSPS) is 32.4. The van der Waals surface area contributed by atoms with E-state index in [-0.39, 0.29) is 0 Å². The third-order valence-electron chi connectivity index (χ3n) is 3.45.